The Morgan fingerprint density at radius 3 is 1.36 bits per heavy atom. The molecule has 28 heavy (non-hydrogen) atoms. The van der Waals surface area contributed by atoms with Crippen molar-refractivity contribution >= 4 is 13.4 Å². The highest BCUT2D eigenvalue weighted by molar-refractivity contribution is 7.55. The van der Waals surface area contributed by atoms with Crippen LogP contribution < -0.4 is 18.5 Å². The number of carbonyl (C=O) groups is 1. The van der Waals surface area contributed by atoms with Crippen molar-refractivity contribution < 1.29 is 27.9 Å². The molecule has 6 nitrogen and oxygen atoms in total. The van der Waals surface area contributed by atoms with Gasteiger partial charge in [-0.05, 0) is 83.1 Å². The van der Waals surface area contributed by atoms with Gasteiger partial charge < -0.3 is 18.5 Å². The van der Waals surface area contributed by atoms with E-state index >= 15 is 0 Å². The Labute approximate surface area is 166 Å². The minimum Gasteiger partial charge on any atom is -0.491 e. The first-order valence-corrected chi connectivity index (χ1v) is 10.9. The molecule has 0 fully saturated rings. The average molecular weight is 406 g/mol. The molecule has 0 saturated carbocycles. The van der Waals surface area contributed by atoms with Crippen LogP contribution in [0, 0.1) is 0 Å². The van der Waals surface area contributed by atoms with Crippen molar-refractivity contribution in [3.8, 4) is 23.0 Å². The minimum atomic E-state index is -3.74. The van der Waals surface area contributed by atoms with Crippen molar-refractivity contribution in [2.75, 3.05) is 6.16 Å². The van der Waals surface area contributed by atoms with Crippen molar-refractivity contribution in [1.29, 1.82) is 0 Å². The minimum absolute atomic E-state index is 0.0431. The molecular weight excluding hydrogens is 379 g/mol. The molecule has 0 spiro atoms. The van der Waals surface area contributed by atoms with Crippen LogP contribution in [0.2, 0.25) is 0 Å². The highest BCUT2D eigenvalue weighted by Gasteiger charge is 2.30. The summed E-state index contributed by atoms with van der Waals surface area (Å²) in [5.41, 5.74) is 0. The van der Waals surface area contributed by atoms with Gasteiger partial charge in [0.05, 0.1) is 12.2 Å². The van der Waals surface area contributed by atoms with E-state index in [1.165, 1.54) is 6.92 Å². The van der Waals surface area contributed by atoms with Crippen LogP contribution in [0.4, 0.5) is 0 Å². The van der Waals surface area contributed by atoms with Crippen molar-refractivity contribution in [3.05, 3.63) is 48.5 Å². The highest BCUT2D eigenvalue weighted by atomic mass is 31.2. The van der Waals surface area contributed by atoms with Crippen LogP contribution in [0.25, 0.3) is 0 Å². The number of hydrogen-bond donors (Lipinski definition) is 0. The first-order valence-electron chi connectivity index (χ1n) is 9.16. The van der Waals surface area contributed by atoms with Gasteiger partial charge in [0.25, 0.3) is 0 Å². The van der Waals surface area contributed by atoms with E-state index in [9.17, 15) is 9.36 Å². The van der Waals surface area contributed by atoms with E-state index in [-0.39, 0.29) is 24.2 Å². The van der Waals surface area contributed by atoms with Crippen LogP contribution in [-0.4, -0.2) is 24.2 Å². The first-order chi connectivity index (χ1) is 13.1. The molecule has 2 rings (SSSR count). The molecular formula is C21H27O6P. The van der Waals surface area contributed by atoms with Gasteiger partial charge in [0.15, 0.2) is 0 Å². The van der Waals surface area contributed by atoms with Gasteiger partial charge in [0.2, 0.25) is 0 Å². The summed E-state index contributed by atoms with van der Waals surface area (Å²) in [6.07, 6.45) is -0.246. The van der Waals surface area contributed by atoms with Gasteiger partial charge in [0, 0.05) is 0 Å². The van der Waals surface area contributed by atoms with Gasteiger partial charge in [-0.15, -0.1) is 0 Å². The second-order valence-electron chi connectivity index (χ2n) is 6.93. The van der Waals surface area contributed by atoms with E-state index in [0.29, 0.717) is 23.0 Å². The molecule has 0 aliphatic carbocycles. The zero-order valence-corrected chi connectivity index (χ0v) is 17.8. The maximum absolute atomic E-state index is 13.2. The van der Waals surface area contributed by atoms with Gasteiger partial charge in [-0.25, -0.2) is 4.57 Å². The third kappa shape index (κ3) is 7.28. The Kier molecular flexibility index (Phi) is 7.53. The predicted molar refractivity (Wildman–Crippen MR) is 109 cm³/mol. The summed E-state index contributed by atoms with van der Waals surface area (Å²) in [6.45, 7) is 9.06. The van der Waals surface area contributed by atoms with Crippen LogP contribution in [0.5, 0.6) is 23.0 Å². The standard InChI is InChI=1S/C21H27O6P/c1-15(2)24-18-6-10-20(11-7-18)26-28(23,14-17(5)22)27-21-12-8-19(9-13-21)25-16(3)4/h6-13,15-16H,14H2,1-5H3. The summed E-state index contributed by atoms with van der Waals surface area (Å²) >= 11 is 0. The number of ether oxygens (including phenoxy) is 2. The average Bonchev–Trinajstić information content (AvgIpc) is 2.56. The molecule has 0 unspecified atom stereocenters. The molecule has 2 aromatic carbocycles. The zero-order valence-electron chi connectivity index (χ0n) is 16.9. The fourth-order valence-electron chi connectivity index (χ4n) is 2.38. The van der Waals surface area contributed by atoms with E-state index in [0.717, 1.165) is 0 Å². The Morgan fingerprint density at radius 1 is 0.750 bits per heavy atom. The van der Waals surface area contributed by atoms with E-state index in [2.05, 4.69) is 0 Å². The molecule has 0 aliphatic rings. The number of benzene rings is 2. The molecule has 0 saturated heterocycles. The summed E-state index contributed by atoms with van der Waals surface area (Å²) in [4.78, 5) is 11.6. The molecule has 0 bridgehead atoms. The van der Waals surface area contributed by atoms with Gasteiger partial charge in [-0.2, -0.15) is 0 Å². The van der Waals surface area contributed by atoms with Crippen molar-refractivity contribution in [3.63, 3.8) is 0 Å². The predicted octanol–water partition coefficient (Wildman–Crippen LogP) is 5.50. The van der Waals surface area contributed by atoms with Crippen LogP contribution in [0.15, 0.2) is 48.5 Å². The quantitative estimate of drug-likeness (QED) is 0.485. The van der Waals surface area contributed by atoms with Crippen LogP contribution >= 0.6 is 7.60 Å². The summed E-state index contributed by atoms with van der Waals surface area (Å²) in [5, 5.41) is 0. The Hall–Kier alpha value is -2.46. The number of carbonyl (C=O) groups excluding carboxylic acids is 1. The lowest BCUT2D eigenvalue weighted by Gasteiger charge is -2.20. The molecule has 0 heterocycles. The first kappa shape index (κ1) is 21.8. The van der Waals surface area contributed by atoms with Crippen molar-refractivity contribution in [1.82, 2.24) is 0 Å². The smallest absolute Gasteiger partial charge is 0.438 e. The molecule has 152 valence electrons. The van der Waals surface area contributed by atoms with E-state index in [1.54, 1.807) is 48.5 Å². The largest absolute Gasteiger partial charge is 0.491 e. The van der Waals surface area contributed by atoms with Gasteiger partial charge in [-0.1, -0.05) is 0 Å². The number of rotatable bonds is 10. The Morgan fingerprint density at radius 2 is 1.07 bits per heavy atom. The Balaban J connectivity index is 2.14. The summed E-state index contributed by atoms with van der Waals surface area (Å²) in [6, 6.07) is 13.4. The fourth-order valence-corrected chi connectivity index (χ4v) is 3.98. The molecule has 0 atom stereocenters. The third-order valence-corrected chi connectivity index (χ3v) is 5.11. The molecule has 0 radical (unpaired) electrons. The second-order valence-corrected chi connectivity index (χ2v) is 8.83. The number of Topliss-reactive ketones (excluding diaryl/α,β-unsaturated/α-hetero) is 1. The molecule has 0 N–H and O–H groups in total. The van der Waals surface area contributed by atoms with E-state index in [1.807, 2.05) is 27.7 Å². The highest BCUT2D eigenvalue weighted by Crippen LogP contribution is 2.48. The maximum atomic E-state index is 13.2. The molecule has 0 aromatic heterocycles. The maximum Gasteiger partial charge on any atom is 0.438 e. The normalized spacial score (nSPS) is 11.4. The zero-order chi connectivity index (χ0) is 20.7. The monoisotopic (exact) mass is 406 g/mol. The lowest BCUT2D eigenvalue weighted by Crippen LogP contribution is -2.11. The van der Waals surface area contributed by atoms with Gasteiger partial charge in [-0.3, -0.25) is 4.79 Å². The summed E-state index contributed by atoms with van der Waals surface area (Å²) in [7, 11) is -3.74. The van der Waals surface area contributed by atoms with Gasteiger partial charge in [0.1, 0.15) is 34.9 Å². The molecule has 2 aromatic rings. The topological polar surface area (TPSA) is 71.1 Å². The second kappa shape index (κ2) is 9.65. The van der Waals surface area contributed by atoms with Crippen LogP contribution in [0.3, 0.4) is 0 Å². The van der Waals surface area contributed by atoms with Gasteiger partial charge >= 0.3 is 7.60 Å². The lowest BCUT2D eigenvalue weighted by molar-refractivity contribution is -0.114. The lowest BCUT2D eigenvalue weighted by atomic mass is 10.3. The number of ketones is 1. The van der Waals surface area contributed by atoms with E-state index < -0.39 is 7.60 Å². The Bertz CT molecular complexity index is 752. The SMILES string of the molecule is CC(=O)CP(=O)(Oc1ccc(OC(C)C)cc1)Oc1ccc(OC(C)C)cc1. The van der Waals surface area contributed by atoms with Crippen molar-refractivity contribution in [2.24, 2.45) is 0 Å². The van der Waals surface area contributed by atoms with Crippen LogP contribution in [0.1, 0.15) is 34.6 Å². The van der Waals surface area contributed by atoms with Crippen molar-refractivity contribution in [2.45, 2.75) is 46.8 Å². The fraction of sp³-hybridized carbons (Fsp3) is 0.381. The summed E-state index contributed by atoms with van der Waals surface area (Å²) in [5.74, 6) is 1.72. The molecule has 7 heteroatoms. The molecule has 0 aliphatic heterocycles. The number of hydrogen-bond acceptors (Lipinski definition) is 6. The van der Waals surface area contributed by atoms with E-state index in [4.69, 9.17) is 18.5 Å². The third-order valence-electron chi connectivity index (χ3n) is 3.30. The summed E-state index contributed by atoms with van der Waals surface area (Å²) < 4.78 is 35.5. The van der Waals surface area contributed by atoms with Crippen LogP contribution in [-0.2, 0) is 9.36 Å². The molecule has 0 amide bonds.